The van der Waals surface area contributed by atoms with Crippen molar-refractivity contribution in [1.82, 2.24) is 5.32 Å². The van der Waals surface area contributed by atoms with Crippen molar-refractivity contribution >= 4 is 5.84 Å². The molecule has 15 heavy (non-hydrogen) atoms. The number of rotatable bonds is 7. The van der Waals surface area contributed by atoms with Crippen molar-refractivity contribution in [3.63, 3.8) is 0 Å². The van der Waals surface area contributed by atoms with Crippen LogP contribution >= 0.6 is 0 Å². The van der Waals surface area contributed by atoms with Crippen molar-refractivity contribution in [2.24, 2.45) is 16.8 Å². The standard InChI is InChI=1S/C10H21N3O2/c1-2-8(5-10(11)13-15)12-6-9(14)7-3-4-7/h7-9,12,14-15H,2-6H2,1H3,(H2,11,13). The van der Waals surface area contributed by atoms with E-state index in [1.807, 2.05) is 6.92 Å². The highest BCUT2D eigenvalue weighted by Gasteiger charge is 2.29. The zero-order valence-corrected chi connectivity index (χ0v) is 9.19. The lowest BCUT2D eigenvalue weighted by Gasteiger charge is -2.18. The van der Waals surface area contributed by atoms with Crippen LogP contribution in [0, 0.1) is 5.92 Å². The summed E-state index contributed by atoms with van der Waals surface area (Å²) in [5.41, 5.74) is 5.43. The fourth-order valence-electron chi connectivity index (χ4n) is 1.59. The van der Waals surface area contributed by atoms with E-state index in [-0.39, 0.29) is 18.0 Å². The van der Waals surface area contributed by atoms with Gasteiger partial charge in [0, 0.05) is 19.0 Å². The highest BCUT2D eigenvalue weighted by molar-refractivity contribution is 5.80. The molecule has 0 aromatic carbocycles. The molecule has 0 bridgehead atoms. The SMILES string of the molecule is CCC(CC(N)=NO)NCC(O)C1CC1. The molecule has 1 fully saturated rings. The molecule has 2 unspecified atom stereocenters. The smallest absolute Gasteiger partial charge is 0.140 e. The third-order valence-electron chi connectivity index (χ3n) is 2.86. The van der Waals surface area contributed by atoms with Gasteiger partial charge in [-0.1, -0.05) is 12.1 Å². The molecule has 5 nitrogen and oxygen atoms in total. The highest BCUT2D eigenvalue weighted by Crippen LogP contribution is 2.32. The molecular weight excluding hydrogens is 194 g/mol. The second kappa shape index (κ2) is 5.92. The molecular formula is C10H21N3O2. The van der Waals surface area contributed by atoms with Gasteiger partial charge in [0.1, 0.15) is 5.84 Å². The summed E-state index contributed by atoms with van der Waals surface area (Å²) in [5.74, 6) is 0.717. The van der Waals surface area contributed by atoms with Crippen LogP contribution in [-0.2, 0) is 0 Å². The summed E-state index contributed by atoms with van der Waals surface area (Å²) in [7, 11) is 0. The van der Waals surface area contributed by atoms with Gasteiger partial charge in [-0.15, -0.1) is 0 Å². The maximum Gasteiger partial charge on any atom is 0.140 e. The Morgan fingerprint density at radius 1 is 1.60 bits per heavy atom. The number of hydrogen-bond donors (Lipinski definition) is 4. The summed E-state index contributed by atoms with van der Waals surface area (Å²) in [6, 6.07) is 0.175. The zero-order valence-electron chi connectivity index (χ0n) is 9.19. The second-order valence-electron chi connectivity index (χ2n) is 4.21. The van der Waals surface area contributed by atoms with E-state index >= 15 is 0 Å². The molecule has 0 aromatic heterocycles. The lowest BCUT2D eigenvalue weighted by molar-refractivity contribution is 0.144. The van der Waals surface area contributed by atoms with E-state index in [0.717, 1.165) is 19.3 Å². The molecule has 0 spiro atoms. The molecule has 0 amide bonds. The molecule has 0 heterocycles. The summed E-state index contributed by atoms with van der Waals surface area (Å²) >= 11 is 0. The highest BCUT2D eigenvalue weighted by atomic mass is 16.4. The van der Waals surface area contributed by atoms with Crippen molar-refractivity contribution < 1.29 is 10.3 Å². The predicted octanol–water partition coefficient (Wildman–Crippen LogP) is 0.262. The number of hydrogen-bond acceptors (Lipinski definition) is 4. The van der Waals surface area contributed by atoms with E-state index in [0.29, 0.717) is 18.9 Å². The van der Waals surface area contributed by atoms with Crippen LogP contribution in [0.15, 0.2) is 5.16 Å². The average Bonchev–Trinajstić information content (AvgIpc) is 3.06. The summed E-state index contributed by atoms with van der Waals surface area (Å²) in [6.45, 7) is 2.63. The first kappa shape index (κ1) is 12.3. The number of aliphatic hydroxyl groups is 1. The van der Waals surface area contributed by atoms with Gasteiger partial charge < -0.3 is 21.4 Å². The van der Waals surface area contributed by atoms with Crippen LogP contribution < -0.4 is 11.1 Å². The van der Waals surface area contributed by atoms with Crippen LogP contribution in [0.5, 0.6) is 0 Å². The van der Waals surface area contributed by atoms with Crippen LogP contribution in [-0.4, -0.2) is 34.8 Å². The van der Waals surface area contributed by atoms with Crippen LogP contribution in [0.3, 0.4) is 0 Å². The number of oxime groups is 1. The van der Waals surface area contributed by atoms with E-state index in [1.165, 1.54) is 0 Å². The minimum absolute atomic E-state index is 0.175. The molecule has 1 saturated carbocycles. The predicted molar refractivity (Wildman–Crippen MR) is 58.8 cm³/mol. The molecule has 0 radical (unpaired) electrons. The summed E-state index contributed by atoms with van der Waals surface area (Å²) in [6.07, 6.45) is 3.45. The van der Waals surface area contributed by atoms with Crippen molar-refractivity contribution in [3.05, 3.63) is 0 Å². The first-order valence-electron chi connectivity index (χ1n) is 5.55. The summed E-state index contributed by atoms with van der Waals surface area (Å²) in [5, 5.41) is 24.3. The topological polar surface area (TPSA) is 90.9 Å². The minimum atomic E-state index is -0.244. The van der Waals surface area contributed by atoms with Gasteiger partial charge in [0.2, 0.25) is 0 Å². The molecule has 0 aromatic rings. The Labute approximate surface area is 90.3 Å². The van der Waals surface area contributed by atoms with Gasteiger partial charge in [-0.3, -0.25) is 0 Å². The summed E-state index contributed by atoms with van der Waals surface area (Å²) in [4.78, 5) is 0. The van der Waals surface area contributed by atoms with Crippen LogP contribution in [0.25, 0.3) is 0 Å². The van der Waals surface area contributed by atoms with Crippen molar-refractivity contribution in [1.29, 1.82) is 0 Å². The number of nitrogens with one attached hydrogen (secondary N) is 1. The zero-order chi connectivity index (χ0) is 11.3. The lowest BCUT2D eigenvalue weighted by atomic mass is 10.1. The Kier molecular flexibility index (Phi) is 4.84. The monoisotopic (exact) mass is 215 g/mol. The maximum atomic E-state index is 9.65. The van der Waals surface area contributed by atoms with Crippen molar-refractivity contribution in [2.75, 3.05) is 6.54 Å². The van der Waals surface area contributed by atoms with Gasteiger partial charge in [-0.05, 0) is 25.2 Å². The van der Waals surface area contributed by atoms with Gasteiger partial charge in [0.05, 0.1) is 6.10 Å². The van der Waals surface area contributed by atoms with Crippen LogP contribution in [0.1, 0.15) is 32.6 Å². The molecule has 0 aliphatic heterocycles. The fourth-order valence-corrected chi connectivity index (χ4v) is 1.59. The Morgan fingerprint density at radius 3 is 2.73 bits per heavy atom. The Morgan fingerprint density at radius 2 is 2.27 bits per heavy atom. The number of nitrogens with zero attached hydrogens (tertiary/aromatic N) is 1. The Hall–Kier alpha value is -0.810. The second-order valence-corrected chi connectivity index (χ2v) is 4.21. The average molecular weight is 215 g/mol. The number of aliphatic hydroxyl groups excluding tert-OH is 1. The van der Waals surface area contributed by atoms with E-state index < -0.39 is 0 Å². The first-order valence-corrected chi connectivity index (χ1v) is 5.55. The van der Waals surface area contributed by atoms with Crippen LogP contribution in [0.2, 0.25) is 0 Å². The quantitative estimate of drug-likeness (QED) is 0.212. The molecule has 2 atom stereocenters. The third kappa shape index (κ3) is 4.48. The third-order valence-corrected chi connectivity index (χ3v) is 2.86. The number of nitrogens with two attached hydrogens (primary N) is 1. The van der Waals surface area contributed by atoms with Gasteiger partial charge >= 0.3 is 0 Å². The Balaban J connectivity index is 2.20. The minimum Gasteiger partial charge on any atom is -0.409 e. The van der Waals surface area contributed by atoms with Gasteiger partial charge in [0.25, 0.3) is 0 Å². The Bertz CT molecular complexity index is 217. The molecule has 1 aliphatic rings. The molecule has 88 valence electrons. The molecule has 1 rings (SSSR count). The van der Waals surface area contributed by atoms with E-state index in [9.17, 15) is 5.11 Å². The molecule has 0 saturated heterocycles. The summed E-state index contributed by atoms with van der Waals surface area (Å²) < 4.78 is 0. The largest absolute Gasteiger partial charge is 0.409 e. The lowest BCUT2D eigenvalue weighted by Crippen LogP contribution is -2.38. The maximum absolute atomic E-state index is 9.65. The van der Waals surface area contributed by atoms with E-state index in [2.05, 4.69) is 10.5 Å². The fraction of sp³-hybridized carbons (Fsp3) is 0.900. The van der Waals surface area contributed by atoms with Gasteiger partial charge in [0.15, 0.2) is 0 Å². The first-order chi connectivity index (χ1) is 7.17. The van der Waals surface area contributed by atoms with Crippen LogP contribution in [0.4, 0.5) is 0 Å². The van der Waals surface area contributed by atoms with Crippen molar-refractivity contribution in [3.8, 4) is 0 Å². The molecule has 5 heteroatoms. The van der Waals surface area contributed by atoms with Crippen molar-refractivity contribution in [2.45, 2.75) is 44.8 Å². The molecule has 5 N–H and O–H groups in total. The normalized spacial score (nSPS) is 21.3. The van der Waals surface area contributed by atoms with Gasteiger partial charge in [-0.2, -0.15) is 0 Å². The molecule has 1 aliphatic carbocycles. The van der Waals surface area contributed by atoms with E-state index in [1.54, 1.807) is 0 Å². The van der Waals surface area contributed by atoms with E-state index in [4.69, 9.17) is 10.9 Å². The van der Waals surface area contributed by atoms with Gasteiger partial charge in [-0.25, -0.2) is 0 Å². The number of amidine groups is 1.